The van der Waals surface area contributed by atoms with E-state index in [2.05, 4.69) is 0 Å². The molecule has 0 aliphatic carbocycles. The van der Waals surface area contributed by atoms with E-state index in [9.17, 15) is 9.59 Å². The van der Waals surface area contributed by atoms with Crippen LogP contribution in [0.25, 0.3) is 0 Å². The fraction of sp³-hybridized carbons (Fsp3) is 0.467. The molecule has 1 fully saturated rings. The first kappa shape index (κ1) is 14.4. The molecule has 20 heavy (non-hydrogen) atoms. The Hall–Kier alpha value is -2.04. The van der Waals surface area contributed by atoms with Gasteiger partial charge in [0.05, 0.1) is 7.11 Å². The number of esters is 1. The lowest BCUT2D eigenvalue weighted by molar-refractivity contribution is -0.151. The number of benzene rings is 1. The van der Waals surface area contributed by atoms with Crippen LogP contribution in [0.5, 0.6) is 0 Å². The molecule has 1 saturated heterocycles. The third-order valence-corrected chi connectivity index (χ3v) is 3.69. The Morgan fingerprint density at radius 2 is 2.00 bits per heavy atom. The Morgan fingerprint density at radius 3 is 2.65 bits per heavy atom. The molecule has 1 aromatic carbocycles. The maximum absolute atomic E-state index is 12.2. The van der Waals surface area contributed by atoms with E-state index in [1.165, 1.54) is 12.0 Å². The van der Waals surface area contributed by atoms with Crippen LogP contribution >= 0.6 is 0 Å². The lowest BCUT2D eigenvalue weighted by Crippen LogP contribution is -2.51. The summed E-state index contributed by atoms with van der Waals surface area (Å²) in [6.07, 6.45) is 0.894. The third kappa shape index (κ3) is 2.76. The number of rotatable bonds is 3. The van der Waals surface area contributed by atoms with Crippen molar-refractivity contribution in [3.63, 3.8) is 0 Å². The molecule has 5 heteroatoms. The highest BCUT2D eigenvalue weighted by atomic mass is 16.6. The fourth-order valence-electron chi connectivity index (χ4n) is 2.49. The average Bonchev–Trinajstić information content (AvgIpc) is 2.88. The highest BCUT2D eigenvalue weighted by Gasteiger charge is 2.47. The molecule has 1 aliphatic heterocycles. The zero-order chi connectivity index (χ0) is 14.6. The number of carbonyl (C=O) groups is 2. The molecule has 1 heterocycles. The minimum absolute atomic E-state index is 0.202. The molecule has 108 valence electrons. The largest absolute Gasteiger partial charge is 0.467 e. The standard InChI is InChI=1S/C15H19NO4/c1-15(13(17)19-2)9-6-10-16(15)14(18)20-11-12-7-4-3-5-8-12/h3-5,7-8H,6,9-11H2,1-2H3/t15-/m1/s1. The Morgan fingerprint density at radius 1 is 1.30 bits per heavy atom. The summed E-state index contributed by atoms with van der Waals surface area (Å²) in [5.41, 5.74) is 0.00233. The van der Waals surface area contributed by atoms with E-state index >= 15 is 0 Å². The molecule has 1 atom stereocenters. The average molecular weight is 277 g/mol. The zero-order valence-electron chi connectivity index (χ0n) is 11.8. The van der Waals surface area contributed by atoms with E-state index < -0.39 is 17.6 Å². The van der Waals surface area contributed by atoms with E-state index in [0.717, 1.165) is 12.0 Å². The van der Waals surface area contributed by atoms with Crippen LogP contribution in [0.15, 0.2) is 30.3 Å². The van der Waals surface area contributed by atoms with Crippen LogP contribution in [0.1, 0.15) is 25.3 Å². The number of hydrogen-bond acceptors (Lipinski definition) is 4. The number of nitrogens with zero attached hydrogens (tertiary/aromatic N) is 1. The summed E-state index contributed by atoms with van der Waals surface area (Å²) in [4.78, 5) is 25.5. The first-order valence-corrected chi connectivity index (χ1v) is 6.64. The summed E-state index contributed by atoms with van der Waals surface area (Å²) in [6.45, 7) is 2.43. The predicted octanol–water partition coefficient (Wildman–Crippen LogP) is 2.35. The summed E-state index contributed by atoms with van der Waals surface area (Å²) in [5.74, 6) is -0.397. The Labute approximate surface area is 118 Å². The van der Waals surface area contributed by atoms with Crippen LogP contribution in [-0.2, 0) is 20.9 Å². The van der Waals surface area contributed by atoms with Gasteiger partial charge < -0.3 is 9.47 Å². The summed E-state index contributed by atoms with van der Waals surface area (Å²) in [7, 11) is 1.33. The first-order valence-electron chi connectivity index (χ1n) is 6.64. The van der Waals surface area contributed by atoms with Gasteiger partial charge in [-0.1, -0.05) is 30.3 Å². The quantitative estimate of drug-likeness (QED) is 0.796. The van der Waals surface area contributed by atoms with Crippen molar-refractivity contribution < 1.29 is 19.1 Å². The molecule has 5 nitrogen and oxygen atoms in total. The van der Waals surface area contributed by atoms with E-state index in [1.54, 1.807) is 6.92 Å². The predicted molar refractivity (Wildman–Crippen MR) is 73.0 cm³/mol. The molecule has 0 N–H and O–H groups in total. The molecule has 0 unspecified atom stereocenters. The smallest absolute Gasteiger partial charge is 0.411 e. The van der Waals surface area contributed by atoms with Gasteiger partial charge in [0.25, 0.3) is 0 Å². The molecule has 0 saturated carbocycles. The normalized spacial score (nSPS) is 21.6. The highest BCUT2D eigenvalue weighted by molar-refractivity contribution is 5.86. The molecule has 0 spiro atoms. The highest BCUT2D eigenvalue weighted by Crippen LogP contribution is 2.30. The molecule has 2 rings (SSSR count). The molecular weight excluding hydrogens is 258 g/mol. The van der Waals surface area contributed by atoms with Crippen LogP contribution in [0.4, 0.5) is 4.79 Å². The van der Waals surface area contributed by atoms with Gasteiger partial charge in [-0.2, -0.15) is 0 Å². The second-order valence-electron chi connectivity index (χ2n) is 5.06. The van der Waals surface area contributed by atoms with E-state index in [0.29, 0.717) is 13.0 Å². The molecule has 1 aliphatic rings. The SMILES string of the molecule is COC(=O)[C@@]1(C)CCCN1C(=O)OCc1ccccc1. The van der Waals surface area contributed by atoms with Crippen LogP contribution in [0, 0.1) is 0 Å². The van der Waals surface area contributed by atoms with E-state index in [1.807, 2.05) is 30.3 Å². The van der Waals surface area contributed by atoms with Crippen LogP contribution in [0.2, 0.25) is 0 Å². The third-order valence-electron chi connectivity index (χ3n) is 3.69. The summed E-state index contributed by atoms with van der Waals surface area (Å²) in [6, 6.07) is 9.45. The van der Waals surface area contributed by atoms with Crippen LogP contribution < -0.4 is 0 Å². The number of likely N-dealkylation sites (tertiary alicyclic amines) is 1. The molecule has 0 bridgehead atoms. The monoisotopic (exact) mass is 277 g/mol. The van der Waals surface area contributed by atoms with E-state index in [4.69, 9.17) is 9.47 Å². The minimum Gasteiger partial charge on any atom is -0.467 e. The lowest BCUT2D eigenvalue weighted by atomic mass is 10.00. The van der Waals surface area contributed by atoms with Crippen LogP contribution in [0.3, 0.4) is 0 Å². The van der Waals surface area contributed by atoms with Gasteiger partial charge in [0, 0.05) is 6.54 Å². The zero-order valence-corrected chi connectivity index (χ0v) is 11.8. The van der Waals surface area contributed by atoms with Gasteiger partial charge in [-0.3, -0.25) is 4.90 Å². The van der Waals surface area contributed by atoms with Crippen molar-refractivity contribution in [2.24, 2.45) is 0 Å². The van der Waals surface area contributed by atoms with Gasteiger partial charge in [-0.05, 0) is 25.3 Å². The maximum atomic E-state index is 12.2. The van der Waals surface area contributed by atoms with Gasteiger partial charge in [-0.25, -0.2) is 9.59 Å². The topological polar surface area (TPSA) is 55.8 Å². The minimum atomic E-state index is -0.914. The second-order valence-corrected chi connectivity index (χ2v) is 5.06. The van der Waals surface area contributed by atoms with Crippen molar-refractivity contribution in [2.45, 2.75) is 31.9 Å². The van der Waals surface area contributed by atoms with Crippen molar-refractivity contribution in [2.75, 3.05) is 13.7 Å². The summed E-state index contributed by atoms with van der Waals surface area (Å²) in [5, 5.41) is 0. The maximum Gasteiger partial charge on any atom is 0.411 e. The van der Waals surface area contributed by atoms with Crippen LogP contribution in [-0.4, -0.2) is 36.2 Å². The molecule has 1 amide bonds. The van der Waals surface area contributed by atoms with Gasteiger partial charge in [0.2, 0.25) is 0 Å². The van der Waals surface area contributed by atoms with Gasteiger partial charge in [-0.15, -0.1) is 0 Å². The van der Waals surface area contributed by atoms with Gasteiger partial charge in [0.1, 0.15) is 12.1 Å². The molecule has 1 aromatic rings. The lowest BCUT2D eigenvalue weighted by Gasteiger charge is -2.31. The van der Waals surface area contributed by atoms with Crippen molar-refractivity contribution in [1.29, 1.82) is 0 Å². The second kappa shape index (κ2) is 5.94. The molecule has 0 radical (unpaired) electrons. The number of ether oxygens (including phenoxy) is 2. The molecule has 0 aromatic heterocycles. The number of carbonyl (C=O) groups excluding carboxylic acids is 2. The number of methoxy groups -OCH3 is 1. The van der Waals surface area contributed by atoms with Crippen molar-refractivity contribution >= 4 is 12.1 Å². The number of hydrogen-bond donors (Lipinski definition) is 0. The van der Waals surface area contributed by atoms with Gasteiger partial charge >= 0.3 is 12.1 Å². The Balaban J connectivity index is 2.00. The number of amides is 1. The Kier molecular flexibility index (Phi) is 4.27. The summed E-state index contributed by atoms with van der Waals surface area (Å²) >= 11 is 0. The summed E-state index contributed by atoms with van der Waals surface area (Å²) < 4.78 is 10.1. The van der Waals surface area contributed by atoms with Crippen molar-refractivity contribution in [3.05, 3.63) is 35.9 Å². The van der Waals surface area contributed by atoms with Crippen molar-refractivity contribution in [1.82, 2.24) is 4.90 Å². The fourth-order valence-corrected chi connectivity index (χ4v) is 2.49. The van der Waals surface area contributed by atoms with Crippen molar-refractivity contribution in [3.8, 4) is 0 Å². The van der Waals surface area contributed by atoms with E-state index in [-0.39, 0.29) is 6.61 Å². The van der Waals surface area contributed by atoms with Gasteiger partial charge in [0.15, 0.2) is 0 Å². The molecular formula is C15H19NO4. The first-order chi connectivity index (χ1) is 9.58. The Bertz CT molecular complexity index is 488.